The van der Waals surface area contributed by atoms with E-state index in [4.69, 9.17) is 0 Å². The molecule has 0 spiro atoms. The molecule has 92 valence electrons. The van der Waals surface area contributed by atoms with Crippen molar-refractivity contribution in [3.05, 3.63) is 0 Å². The van der Waals surface area contributed by atoms with Gasteiger partial charge in [0.1, 0.15) is 0 Å². The lowest BCUT2D eigenvalue weighted by atomic mass is 10.9. The van der Waals surface area contributed by atoms with Gasteiger partial charge in [0.05, 0.1) is 0 Å². The van der Waals surface area contributed by atoms with Gasteiger partial charge in [-0.05, 0) is 0 Å². The molecule has 0 saturated carbocycles. The summed E-state index contributed by atoms with van der Waals surface area (Å²) in [6.07, 6.45) is 0. The lowest BCUT2D eigenvalue weighted by molar-refractivity contribution is -0.0502. The van der Waals surface area contributed by atoms with Crippen molar-refractivity contribution in [1.82, 2.24) is 0 Å². The van der Waals surface area contributed by atoms with Crippen LogP contribution >= 0.6 is 0 Å². The molecule has 0 radical (unpaired) electrons. The molecule has 5 nitrogen and oxygen atoms in total. The van der Waals surface area contributed by atoms with Crippen LogP contribution in [-0.2, 0) is 23.9 Å². The van der Waals surface area contributed by atoms with Crippen LogP contribution in [0.15, 0.2) is 0 Å². The first kappa shape index (κ1) is 14.5. The van der Waals surface area contributed by atoms with Crippen LogP contribution < -0.4 is 0 Å². The summed E-state index contributed by atoms with van der Waals surface area (Å²) < 4.78 is 102. The molecule has 0 atom stereocenters. The quantitative estimate of drug-likeness (QED) is 0.563. The highest BCUT2D eigenvalue weighted by atomic mass is 32.3. The Bertz CT molecular complexity index is 382. The topological polar surface area (TPSA) is 77.5 Å². The molecule has 0 aliphatic heterocycles. The molecular formula is C3H3F5O5S2. The lowest BCUT2D eigenvalue weighted by Gasteiger charge is -2.12. The Labute approximate surface area is 81.1 Å². The largest absolute Gasteiger partial charge is 0.524 e. The predicted octanol–water partition coefficient (Wildman–Crippen LogP) is 0.795. The molecule has 15 heavy (non-hydrogen) atoms. The van der Waals surface area contributed by atoms with Crippen molar-refractivity contribution in [1.29, 1.82) is 0 Å². The molecule has 0 rings (SSSR count). The SMILES string of the molecule is CC(F)(F)S(=O)(=O)OS(=O)(=O)C(F)(F)F. The van der Waals surface area contributed by atoms with Crippen LogP contribution in [-0.4, -0.2) is 27.6 Å². The number of hydrogen-bond acceptors (Lipinski definition) is 5. The fraction of sp³-hybridized carbons (Fsp3) is 1.00. The smallest absolute Gasteiger partial charge is 0.192 e. The molecule has 0 heterocycles. The molecule has 0 bridgehead atoms. The molecule has 0 fully saturated rings. The molecule has 0 aromatic rings. The second-order valence-electron chi connectivity index (χ2n) is 2.23. The van der Waals surface area contributed by atoms with E-state index in [9.17, 15) is 38.8 Å². The molecule has 0 aromatic carbocycles. The average molecular weight is 278 g/mol. The third-order valence-electron chi connectivity index (χ3n) is 0.902. The summed E-state index contributed by atoms with van der Waals surface area (Å²) in [5.41, 5.74) is -6.09. The highest BCUT2D eigenvalue weighted by Crippen LogP contribution is 2.30. The first-order valence-corrected chi connectivity index (χ1v) is 5.67. The molecule has 0 aliphatic carbocycles. The van der Waals surface area contributed by atoms with Gasteiger partial charge in [-0.2, -0.15) is 38.8 Å². The molecule has 12 heteroatoms. The maximum atomic E-state index is 12.1. The molecule has 0 saturated heterocycles. The van der Waals surface area contributed by atoms with Crippen molar-refractivity contribution in [3.63, 3.8) is 0 Å². The van der Waals surface area contributed by atoms with Crippen LogP contribution in [0.4, 0.5) is 22.0 Å². The first-order valence-electron chi connectivity index (χ1n) is 2.85. The Hall–Kier alpha value is -0.490. The Balaban J connectivity index is 5.28. The fourth-order valence-electron chi connectivity index (χ4n) is 0.216. The predicted molar refractivity (Wildman–Crippen MR) is 35.6 cm³/mol. The minimum atomic E-state index is -6.61. The Kier molecular flexibility index (Phi) is 3.40. The highest BCUT2D eigenvalue weighted by Gasteiger charge is 2.54. The molecule has 0 unspecified atom stereocenters. The van der Waals surface area contributed by atoms with Crippen LogP contribution in [0.25, 0.3) is 0 Å². The fourth-order valence-corrected chi connectivity index (χ4v) is 1.95. The van der Waals surface area contributed by atoms with Gasteiger partial charge < -0.3 is 0 Å². The van der Waals surface area contributed by atoms with E-state index in [1.807, 2.05) is 0 Å². The lowest BCUT2D eigenvalue weighted by Crippen LogP contribution is -2.34. The molecular weight excluding hydrogens is 275 g/mol. The number of hydrogen-bond donors (Lipinski definition) is 0. The Morgan fingerprint density at radius 2 is 1.20 bits per heavy atom. The summed E-state index contributed by atoms with van der Waals surface area (Å²) in [6, 6.07) is 0. The van der Waals surface area contributed by atoms with Crippen LogP contribution in [0.5, 0.6) is 0 Å². The zero-order valence-electron chi connectivity index (χ0n) is 6.75. The standard InChI is InChI=1S/C3H3F5O5S2/c1-2(4,5)14(9,10)13-15(11,12)3(6,7)8/h1H3. The molecule has 0 aliphatic rings. The van der Waals surface area contributed by atoms with Gasteiger partial charge in [-0.1, -0.05) is 0 Å². The average Bonchev–Trinajstić information content (AvgIpc) is 1.77. The minimum absolute atomic E-state index is 0.325. The van der Waals surface area contributed by atoms with Crippen molar-refractivity contribution in [2.45, 2.75) is 17.7 Å². The van der Waals surface area contributed by atoms with E-state index in [1.54, 1.807) is 0 Å². The van der Waals surface area contributed by atoms with Gasteiger partial charge in [-0.3, -0.25) is 0 Å². The molecule has 0 amide bonds. The van der Waals surface area contributed by atoms with E-state index in [-0.39, 0.29) is 6.92 Å². The summed E-state index contributed by atoms with van der Waals surface area (Å²) in [7, 11) is -12.8. The van der Waals surface area contributed by atoms with Crippen LogP contribution in [0.2, 0.25) is 0 Å². The summed E-state index contributed by atoms with van der Waals surface area (Å²) in [6.45, 7) is -0.325. The van der Waals surface area contributed by atoms with Gasteiger partial charge in [0.15, 0.2) is 0 Å². The number of rotatable bonds is 3. The summed E-state index contributed by atoms with van der Waals surface area (Å²) in [4.78, 5) is 0. The van der Waals surface area contributed by atoms with Crippen molar-refractivity contribution < 1.29 is 42.4 Å². The van der Waals surface area contributed by atoms with E-state index in [0.717, 1.165) is 0 Å². The van der Waals surface area contributed by atoms with E-state index in [0.29, 0.717) is 0 Å². The van der Waals surface area contributed by atoms with Crippen molar-refractivity contribution in [2.75, 3.05) is 0 Å². The third kappa shape index (κ3) is 3.24. The Morgan fingerprint density at radius 3 is 1.40 bits per heavy atom. The maximum Gasteiger partial charge on any atom is 0.524 e. The second-order valence-corrected chi connectivity index (χ2v) is 5.77. The van der Waals surface area contributed by atoms with Gasteiger partial charge in [0, 0.05) is 6.92 Å². The van der Waals surface area contributed by atoms with Crippen LogP contribution in [0, 0.1) is 0 Å². The first-order chi connectivity index (χ1) is 6.21. The number of halogens is 5. The Morgan fingerprint density at radius 1 is 0.867 bits per heavy atom. The third-order valence-corrected chi connectivity index (χ3v) is 3.78. The molecule has 0 N–H and O–H groups in total. The van der Waals surface area contributed by atoms with Crippen molar-refractivity contribution in [3.8, 4) is 0 Å². The van der Waals surface area contributed by atoms with Gasteiger partial charge in [0.25, 0.3) is 0 Å². The zero-order chi connectivity index (χ0) is 12.7. The minimum Gasteiger partial charge on any atom is -0.192 e. The maximum absolute atomic E-state index is 12.1. The molecule has 0 aromatic heterocycles. The number of alkyl halides is 5. The van der Waals surface area contributed by atoms with Gasteiger partial charge in [-0.15, -0.1) is 3.63 Å². The van der Waals surface area contributed by atoms with Crippen molar-refractivity contribution >= 4 is 20.2 Å². The van der Waals surface area contributed by atoms with E-state index < -0.39 is 31.0 Å². The van der Waals surface area contributed by atoms with E-state index >= 15 is 0 Å². The van der Waals surface area contributed by atoms with Gasteiger partial charge in [-0.25, -0.2) is 0 Å². The normalized spacial score (nSPS) is 15.3. The summed E-state index contributed by atoms with van der Waals surface area (Å²) >= 11 is 0. The van der Waals surface area contributed by atoms with Gasteiger partial charge in [0.2, 0.25) is 0 Å². The monoisotopic (exact) mass is 278 g/mol. The summed E-state index contributed by atoms with van der Waals surface area (Å²) in [5.74, 6) is 0. The van der Waals surface area contributed by atoms with Gasteiger partial charge >= 0.3 is 31.0 Å². The van der Waals surface area contributed by atoms with E-state index in [1.165, 1.54) is 0 Å². The van der Waals surface area contributed by atoms with Crippen LogP contribution in [0.1, 0.15) is 6.92 Å². The van der Waals surface area contributed by atoms with Crippen LogP contribution in [0.3, 0.4) is 0 Å². The second kappa shape index (κ2) is 3.52. The summed E-state index contributed by atoms with van der Waals surface area (Å²) in [5, 5.41) is -4.76. The highest BCUT2D eigenvalue weighted by molar-refractivity contribution is 8.00. The zero-order valence-corrected chi connectivity index (χ0v) is 8.38. The van der Waals surface area contributed by atoms with Crippen molar-refractivity contribution in [2.24, 2.45) is 0 Å². The van der Waals surface area contributed by atoms with E-state index in [2.05, 4.69) is 3.63 Å².